The van der Waals surface area contributed by atoms with Gasteiger partial charge in [-0.05, 0) is 18.3 Å². The monoisotopic (exact) mass is 170 g/mol. The van der Waals surface area contributed by atoms with Gasteiger partial charge in [0.05, 0.1) is 0 Å². The average molecular weight is 170 g/mol. The van der Waals surface area contributed by atoms with Crippen LogP contribution in [0.5, 0.6) is 0 Å². The predicted molar refractivity (Wildman–Crippen MR) is 50.2 cm³/mol. The Morgan fingerprint density at radius 3 is 2.67 bits per heavy atom. The molecule has 1 amide bonds. The molecule has 0 fully saturated rings. The summed E-state index contributed by atoms with van der Waals surface area (Å²) in [7, 11) is 0. The summed E-state index contributed by atoms with van der Waals surface area (Å²) < 4.78 is 0. The van der Waals surface area contributed by atoms with Crippen LogP contribution in [0.4, 0.5) is 0 Å². The molecule has 0 aromatic rings. The minimum absolute atomic E-state index is 0.105. The molecule has 70 valence electrons. The minimum atomic E-state index is -0.105. The molecule has 0 aliphatic rings. The molecular formula is C9H18N2O. The number of rotatable bonds is 5. The van der Waals surface area contributed by atoms with Crippen molar-refractivity contribution in [1.82, 2.24) is 5.43 Å². The maximum atomic E-state index is 10.8. The molecule has 0 aromatic heterocycles. The van der Waals surface area contributed by atoms with Crippen LogP contribution in [0.2, 0.25) is 0 Å². The lowest BCUT2D eigenvalue weighted by Gasteiger charge is -2.21. The Kier molecular flexibility index (Phi) is 4.59. The first-order valence-electron chi connectivity index (χ1n) is 4.12. The average Bonchev–Trinajstić information content (AvgIpc) is 2.00. The minimum Gasteiger partial charge on any atom is -0.294 e. The summed E-state index contributed by atoms with van der Waals surface area (Å²) in [6.45, 7) is 7.89. The summed E-state index contributed by atoms with van der Waals surface area (Å²) in [5.74, 6) is 4.85. The van der Waals surface area contributed by atoms with Crippen LogP contribution in [0, 0.1) is 5.41 Å². The molecule has 0 bridgehead atoms. The van der Waals surface area contributed by atoms with Crippen molar-refractivity contribution in [3.05, 3.63) is 12.7 Å². The molecule has 0 aliphatic carbocycles. The molecule has 3 heteroatoms. The number of nitrogens with two attached hydrogens (primary N) is 1. The number of nitrogens with one attached hydrogen (secondary N) is 1. The van der Waals surface area contributed by atoms with Crippen molar-refractivity contribution in [2.75, 3.05) is 0 Å². The Morgan fingerprint density at radius 2 is 2.25 bits per heavy atom. The van der Waals surface area contributed by atoms with E-state index in [0.29, 0.717) is 6.42 Å². The standard InChI is InChI=1S/C9H18N2O/c1-4-6-9(2,3)7-5-8(12)11-10/h4H,1,5-7,10H2,2-3H3,(H,11,12). The van der Waals surface area contributed by atoms with E-state index in [0.717, 1.165) is 12.8 Å². The largest absolute Gasteiger partial charge is 0.294 e. The van der Waals surface area contributed by atoms with Crippen molar-refractivity contribution in [2.45, 2.75) is 33.1 Å². The predicted octanol–water partition coefficient (Wildman–Crippen LogP) is 1.36. The molecule has 0 unspecified atom stereocenters. The van der Waals surface area contributed by atoms with E-state index in [-0.39, 0.29) is 11.3 Å². The highest BCUT2D eigenvalue weighted by molar-refractivity contribution is 5.75. The fraction of sp³-hybridized carbons (Fsp3) is 0.667. The Bertz CT molecular complexity index is 164. The van der Waals surface area contributed by atoms with Gasteiger partial charge in [0.1, 0.15) is 0 Å². The van der Waals surface area contributed by atoms with Crippen LogP contribution in [-0.2, 0) is 4.79 Å². The maximum Gasteiger partial charge on any atom is 0.233 e. The van der Waals surface area contributed by atoms with Gasteiger partial charge in [-0.15, -0.1) is 6.58 Å². The van der Waals surface area contributed by atoms with Gasteiger partial charge in [-0.25, -0.2) is 5.84 Å². The third-order valence-electron chi connectivity index (χ3n) is 1.89. The van der Waals surface area contributed by atoms with Crippen molar-refractivity contribution in [3.8, 4) is 0 Å². The lowest BCUT2D eigenvalue weighted by Crippen LogP contribution is -2.30. The Labute approximate surface area is 74.0 Å². The zero-order valence-electron chi connectivity index (χ0n) is 7.89. The van der Waals surface area contributed by atoms with Crippen LogP contribution in [0.15, 0.2) is 12.7 Å². The number of carbonyl (C=O) groups excluding carboxylic acids is 1. The van der Waals surface area contributed by atoms with E-state index in [4.69, 9.17) is 5.84 Å². The molecule has 0 atom stereocenters. The first-order valence-corrected chi connectivity index (χ1v) is 4.12. The molecule has 3 nitrogen and oxygen atoms in total. The first kappa shape index (κ1) is 11.2. The van der Waals surface area contributed by atoms with E-state index in [1.54, 1.807) is 0 Å². The molecule has 12 heavy (non-hydrogen) atoms. The molecule has 0 heterocycles. The van der Waals surface area contributed by atoms with Crippen LogP contribution >= 0.6 is 0 Å². The van der Waals surface area contributed by atoms with Gasteiger partial charge in [0.25, 0.3) is 0 Å². The zero-order valence-corrected chi connectivity index (χ0v) is 7.89. The van der Waals surface area contributed by atoms with Crippen molar-refractivity contribution < 1.29 is 4.79 Å². The molecule has 3 N–H and O–H groups in total. The Balaban J connectivity index is 3.74. The summed E-state index contributed by atoms with van der Waals surface area (Å²) in [6.07, 6.45) is 4.12. The maximum absolute atomic E-state index is 10.8. The number of amides is 1. The van der Waals surface area contributed by atoms with Crippen LogP contribution in [0.1, 0.15) is 33.1 Å². The van der Waals surface area contributed by atoms with Crippen molar-refractivity contribution in [1.29, 1.82) is 0 Å². The molecule has 0 aliphatic heterocycles. The van der Waals surface area contributed by atoms with E-state index < -0.39 is 0 Å². The summed E-state index contributed by atoms with van der Waals surface area (Å²) in [4.78, 5) is 10.8. The van der Waals surface area contributed by atoms with Crippen LogP contribution < -0.4 is 11.3 Å². The first-order chi connectivity index (χ1) is 5.52. The van der Waals surface area contributed by atoms with Gasteiger partial charge in [-0.2, -0.15) is 0 Å². The van der Waals surface area contributed by atoms with E-state index >= 15 is 0 Å². The highest BCUT2D eigenvalue weighted by Crippen LogP contribution is 2.26. The molecule has 0 spiro atoms. The SMILES string of the molecule is C=CCC(C)(C)CCC(=O)NN. The second-order valence-corrected chi connectivity index (χ2v) is 3.72. The van der Waals surface area contributed by atoms with Crippen LogP contribution in [0.3, 0.4) is 0 Å². The zero-order chi connectivity index (χ0) is 9.61. The molecule has 0 aromatic carbocycles. The van der Waals surface area contributed by atoms with E-state index in [1.165, 1.54) is 0 Å². The van der Waals surface area contributed by atoms with E-state index in [2.05, 4.69) is 25.9 Å². The smallest absolute Gasteiger partial charge is 0.233 e. The van der Waals surface area contributed by atoms with Crippen molar-refractivity contribution >= 4 is 5.91 Å². The Hall–Kier alpha value is -0.830. The molecular weight excluding hydrogens is 152 g/mol. The third kappa shape index (κ3) is 4.91. The normalized spacial score (nSPS) is 10.9. The third-order valence-corrected chi connectivity index (χ3v) is 1.89. The van der Waals surface area contributed by atoms with Gasteiger partial charge in [0.15, 0.2) is 0 Å². The van der Waals surface area contributed by atoms with Crippen molar-refractivity contribution in [3.63, 3.8) is 0 Å². The topological polar surface area (TPSA) is 55.1 Å². The highest BCUT2D eigenvalue weighted by Gasteiger charge is 2.16. The van der Waals surface area contributed by atoms with Gasteiger partial charge in [0, 0.05) is 6.42 Å². The summed E-state index contributed by atoms with van der Waals surface area (Å²) >= 11 is 0. The van der Waals surface area contributed by atoms with Gasteiger partial charge in [-0.3, -0.25) is 10.2 Å². The molecule has 0 saturated heterocycles. The van der Waals surface area contributed by atoms with Crippen molar-refractivity contribution in [2.24, 2.45) is 11.3 Å². The summed E-state index contributed by atoms with van der Waals surface area (Å²) in [5.41, 5.74) is 2.26. The van der Waals surface area contributed by atoms with Crippen LogP contribution in [-0.4, -0.2) is 5.91 Å². The highest BCUT2D eigenvalue weighted by atomic mass is 16.2. The Morgan fingerprint density at radius 1 is 1.67 bits per heavy atom. The van der Waals surface area contributed by atoms with Gasteiger partial charge < -0.3 is 0 Å². The van der Waals surface area contributed by atoms with Crippen LogP contribution in [0.25, 0.3) is 0 Å². The number of hydrogen-bond acceptors (Lipinski definition) is 2. The molecule has 0 saturated carbocycles. The van der Waals surface area contributed by atoms with E-state index in [1.807, 2.05) is 6.08 Å². The molecule has 0 radical (unpaired) electrons. The number of carbonyl (C=O) groups is 1. The second-order valence-electron chi connectivity index (χ2n) is 3.72. The number of hydrogen-bond donors (Lipinski definition) is 2. The van der Waals surface area contributed by atoms with E-state index in [9.17, 15) is 4.79 Å². The number of hydrazine groups is 1. The second kappa shape index (κ2) is 4.93. The van der Waals surface area contributed by atoms with Gasteiger partial charge in [-0.1, -0.05) is 19.9 Å². The fourth-order valence-corrected chi connectivity index (χ4v) is 1.02. The lowest BCUT2D eigenvalue weighted by atomic mass is 9.84. The number of allylic oxidation sites excluding steroid dienone is 1. The molecule has 0 rings (SSSR count). The van der Waals surface area contributed by atoms with Gasteiger partial charge in [0.2, 0.25) is 5.91 Å². The summed E-state index contributed by atoms with van der Waals surface area (Å²) in [5, 5.41) is 0. The fourth-order valence-electron chi connectivity index (χ4n) is 1.02. The lowest BCUT2D eigenvalue weighted by molar-refractivity contribution is -0.121. The van der Waals surface area contributed by atoms with Gasteiger partial charge >= 0.3 is 0 Å². The quantitative estimate of drug-likeness (QED) is 0.283. The summed E-state index contributed by atoms with van der Waals surface area (Å²) in [6, 6.07) is 0.